The van der Waals surface area contributed by atoms with Crippen LogP contribution in [0.15, 0.2) is 40.1 Å². The summed E-state index contributed by atoms with van der Waals surface area (Å²) in [5, 5.41) is 2.07. The van der Waals surface area contributed by atoms with Gasteiger partial charge >= 0.3 is 0 Å². The Kier molecular flexibility index (Phi) is 5.20. The van der Waals surface area contributed by atoms with Crippen LogP contribution in [0.5, 0.6) is 5.75 Å². The molecule has 0 aliphatic rings. The lowest BCUT2D eigenvalue weighted by molar-refractivity contribution is 0.252. The minimum absolute atomic E-state index is 0.271. The number of benzene rings is 1. The lowest BCUT2D eigenvalue weighted by Gasteiger charge is -2.22. The Morgan fingerprint density at radius 3 is 2.84 bits per heavy atom. The van der Waals surface area contributed by atoms with Gasteiger partial charge in [-0.2, -0.15) is 0 Å². The maximum Gasteiger partial charge on any atom is 0.229 e. The van der Waals surface area contributed by atoms with Gasteiger partial charge in [-0.15, -0.1) is 11.3 Å². The van der Waals surface area contributed by atoms with Gasteiger partial charge in [-0.05, 0) is 50.5 Å². The van der Waals surface area contributed by atoms with Crippen LogP contribution in [0.3, 0.4) is 0 Å². The molecule has 0 aliphatic carbocycles. The molecule has 3 aromatic rings. The van der Waals surface area contributed by atoms with E-state index in [0.29, 0.717) is 23.6 Å². The molecule has 2 aromatic heterocycles. The SMILES string of the molecule is COc1ccc(F)c(-c2nc(CN(C)[C@H](C)c3cccs3)c(C)o2)c1. The van der Waals surface area contributed by atoms with Crippen molar-refractivity contribution in [3.8, 4) is 17.2 Å². The van der Waals surface area contributed by atoms with E-state index in [2.05, 4.69) is 34.3 Å². The molecule has 0 aliphatic heterocycles. The van der Waals surface area contributed by atoms with Gasteiger partial charge in [-0.3, -0.25) is 4.90 Å². The third kappa shape index (κ3) is 3.75. The third-order valence-corrected chi connectivity index (χ3v) is 5.35. The Balaban J connectivity index is 1.83. The first-order valence-electron chi connectivity index (χ1n) is 8.03. The lowest BCUT2D eigenvalue weighted by Crippen LogP contribution is -2.21. The quantitative estimate of drug-likeness (QED) is 0.616. The van der Waals surface area contributed by atoms with E-state index in [1.165, 1.54) is 10.9 Å². The fourth-order valence-corrected chi connectivity index (χ4v) is 3.45. The van der Waals surface area contributed by atoms with Gasteiger partial charge in [0.1, 0.15) is 17.3 Å². The number of aromatic nitrogens is 1. The van der Waals surface area contributed by atoms with Gasteiger partial charge < -0.3 is 9.15 Å². The summed E-state index contributed by atoms with van der Waals surface area (Å²) in [7, 11) is 3.59. The normalized spacial score (nSPS) is 12.6. The highest BCUT2D eigenvalue weighted by Gasteiger charge is 2.19. The van der Waals surface area contributed by atoms with Crippen molar-refractivity contribution in [1.29, 1.82) is 0 Å². The molecule has 1 aromatic carbocycles. The van der Waals surface area contributed by atoms with Crippen molar-refractivity contribution in [1.82, 2.24) is 9.88 Å². The Hall–Kier alpha value is -2.18. The molecule has 0 fully saturated rings. The number of hydrogen-bond donors (Lipinski definition) is 0. The number of oxazole rings is 1. The van der Waals surface area contributed by atoms with Gasteiger partial charge in [0.15, 0.2) is 0 Å². The summed E-state index contributed by atoms with van der Waals surface area (Å²) >= 11 is 1.73. The van der Waals surface area contributed by atoms with Gasteiger partial charge in [-0.25, -0.2) is 9.37 Å². The molecule has 0 saturated heterocycles. The van der Waals surface area contributed by atoms with E-state index in [0.717, 1.165) is 5.69 Å². The number of halogens is 1. The molecule has 2 heterocycles. The van der Waals surface area contributed by atoms with Crippen LogP contribution in [-0.2, 0) is 6.54 Å². The Morgan fingerprint density at radius 2 is 2.16 bits per heavy atom. The molecule has 6 heteroatoms. The van der Waals surface area contributed by atoms with E-state index < -0.39 is 0 Å². The van der Waals surface area contributed by atoms with E-state index in [1.807, 2.05) is 14.0 Å². The summed E-state index contributed by atoms with van der Waals surface area (Å²) in [6, 6.07) is 8.98. The second-order valence-electron chi connectivity index (χ2n) is 5.97. The van der Waals surface area contributed by atoms with Crippen molar-refractivity contribution >= 4 is 11.3 Å². The van der Waals surface area contributed by atoms with Crippen LogP contribution in [0.1, 0.15) is 29.3 Å². The third-order valence-electron chi connectivity index (χ3n) is 4.31. The summed E-state index contributed by atoms with van der Waals surface area (Å²) in [6.07, 6.45) is 0. The van der Waals surface area contributed by atoms with Crippen molar-refractivity contribution in [3.05, 3.63) is 57.9 Å². The standard InChI is InChI=1S/C19H21FN2O2S/c1-12(18-6-5-9-25-18)22(3)11-17-13(2)24-19(21-17)15-10-14(23-4)7-8-16(15)20/h5-10,12H,11H2,1-4H3/t12-/m1/s1. The van der Waals surface area contributed by atoms with Gasteiger partial charge in [0, 0.05) is 17.5 Å². The van der Waals surface area contributed by atoms with Crippen LogP contribution in [0.25, 0.3) is 11.5 Å². The van der Waals surface area contributed by atoms with Crippen LogP contribution in [0.2, 0.25) is 0 Å². The smallest absolute Gasteiger partial charge is 0.229 e. The van der Waals surface area contributed by atoms with Crippen LogP contribution < -0.4 is 4.74 Å². The van der Waals surface area contributed by atoms with E-state index >= 15 is 0 Å². The molecule has 4 nitrogen and oxygen atoms in total. The molecule has 0 amide bonds. The highest BCUT2D eigenvalue weighted by Crippen LogP contribution is 2.30. The first kappa shape index (κ1) is 17.6. The molecule has 1 atom stereocenters. The van der Waals surface area contributed by atoms with Crippen molar-refractivity contribution < 1.29 is 13.5 Å². The Bertz CT molecular complexity index is 845. The van der Waals surface area contributed by atoms with Crippen molar-refractivity contribution in [2.24, 2.45) is 0 Å². The van der Waals surface area contributed by atoms with Gasteiger partial charge in [0.05, 0.1) is 18.4 Å². The number of rotatable bonds is 6. The number of methoxy groups -OCH3 is 1. The molecule has 0 spiro atoms. The second-order valence-corrected chi connectivity index (χ2v) is 6.95. The van der Waals surface area contributed by atoms with E-state index in [1.54, 1.807) is 30.6 Å². The minimum Gasteiger partial charge on any atom is -0.497 e. The highest BCUT2D eigenvalue weighted by atomic mass is 32.1. The fourth-order valence-electron chi connectivity index (χ4n) is 2.60. The van der Waals surface area contributed by atoms with Crippen LogP contribution in [0.4, 0.5) is 4.39 Å². The van der Waals surface area contributed by atoms with Crippen molar-refractivity contribution in [3.63, 3.8) is 0 Å². The predicted octanol–water partition coefficient (Wildman–Crippen LogP) is 5.05. The first-order valence-corrected chi connectivity index (χ1v) is 8.91. The molecule has 0 radical (unpaired) electrons. The number of thiophene rings is 1. The molecule has 3 rings (SSSR count). The van der Waals surface area contributed by atoms with Crippen LogP contribution in [-0.4, -0.2) is 24.0 Å². The molecule has 0 bridgehead atoms. The molecule has 25 heavy (non-hydrogen) atoms. The summed E-state index contributed by atoms with van der Waals surface area (Å²) in [6.45, 7) is 4.64. The molecule has 0 unspecified atom stereocenters. The monoisotopic (exact) mass is 360 g/mol. The molecule has 0 saturated carbocycles. The fraction of sp³-hybridized carbons (Fsp3) is 0.316. The van der Waals surface area contributed by atoms with Crippen LogP contribution >= 0.6 is 11.3 Å². The second kappa shape index (κ2) is 7.37. The molecular weight excluding hydrogens is 339 g/mol. The summed E-state index contributed by atoms with van der Waals surface area (Å²) < 4.78 is 25.0. The van der Waals surface area contributed by atoms with E-state index in [4.69, 9.17) is 9.15 Å². The number of nitrogens with zero attached hydrogens (tertiary/aromatic N) is 2. The zero-order chi connectivity index (χ0) is 18.0. The first-order chi connectivity index (χ1) is 12.0. The van der Waals surface area contributed by atoms with Crippen molar-refractivity contribution in [2.75, 3.05) is 14.2 Å². The maximum absolute atomic E-state index is 14.1. The van der Waals surface area contributed by atoms with Gasteiger partial charge in [0.25, 0.3) is 0 Å². The minimum atomic E-state index is -0.381. The average Bonchev–Trinajstić information content (AvgIpc) is 3.25. The molecule has 132 valence electrons. The number of hydrogen-bond acceptors (Lipinski definition) is 5. The summed E-state index contributed by atoms with van der Waals surface area (Å²) in [4.78, 5) is 8.01. The topological polar surface area (TPSA) is 38.5 Å². The highest BCUT2D eigenvalue weighted by molar-refractivity contribution is 7.10. The average molecular weight is 360 g/mol. The number of aryl methyl sites for hydroxylation is 1. The van der Waals surface area contributed by atoms with Crippen LogP contribution in [0, 0.1) is 12.7 Å². The Morgan fingerprint density at radius 1 is 1.36 bits per heavy atom. The van der Waals surface area contributed by atoms with Gasteiger partial charge in [0.2, 0.25) is 5.89 Å². The van der Waals surface area contributed by atoms with E-state index in [9.17, 15) is 4.39 Å². The van der Waals surface area contributed by atoms with Crippen molar-refractivity contribution in [2.45, 2.75) is 26.4 Å². The maximum atomic E-state index is 14.1. The largest absolute Gasteiger partial charge is 0.497 e. The Labute approximate surface area is 150 Å². The summed E-state index contributed by atoms with van der Waals surface area (Å²) in [5.41, 5.74) is 1.12. The lowest BCUT2D eigenvalue weighted by atomic mass is 10.2. The zero-order valence-corrected chi connectivity index (χ0v) is 15.6. The van der Waals surface area contributed by atoms with E-state index in [-0.39, 0.29) is 17.7 Å². The molecular formula is C19H21FN2O2S. The van der Waals surface area contributed by atoms with Gasteiger partial charge in [-0.1, -0.05) is 6.07 Å². The predicted molar refractivity (Wildman–Crippen MR) is 97.4 cm³/mol. The molecule has 0 N–H and O–H groups in total. The summed E-state index contributed by atoms with van der Waals surface area (Å²) in [5.74, 6) is 1.16. The number of ether oxygens (including phenoxy) is 1. The zero-order valence-electron chi connectivity index (χ0n) is 14.7.